The molecule has 0 aliphatic rings. The molecule has 1 aromatic heterocycles. The van der Waals surface area contributed by atoms with Crippen molar-refractivity contribution in [3.63, 3.8) is 0 Å². The summed E-state index contributed by atoms with van der Waals surface area (Å²) in [5.74, 6) is -0.0682. The third kappa shape index (κ3) is 3.66. The molecule has 88 valence electrons. The lowest BCUT2D eigenvalue weighted by molar-refractivity contribution is -0.129. The van der Waals surface area contributed by atoms with E-state index in [0.717, 1.165) is 0 Å². The number of carbonyl (C=O) groups is 2. The molecule has 0 unspecified atom stereocenters. The molecule has 1 heterocycles. The molecule has 1 aromatic rings. The van der Waals surface area contributed by atoms with Crippen LogP contribution in [0.5, 0.6) is 0 Å². The summed E-state index contributed by atoms with van der Waals surface area (Å²) in [6.07, 6.45) is 0.347. The third-order valence-corrected chi connectivity index (χ3v) is 2.99. The van der Waals surface area contributed by atoms with Crippen LogP contribution in [0.3, 0.4) is 0 Å². The maximum atomic E-state index is 11.5. The van der Waals surface area contributed by atoms with E-state index in [1.165, 1.54) is 11.3 Å². The van der Waals surface area contributed by atoms with Gasteiger partial charge in [-0.25, -0.2) is 0 Å². The molecule has 0 aromatic carbocycles. The molecule has 0 spiro atoms. The Kier molecular flexibility index (Phi) is 4.98. The van der Waals surface area contributed by atoms with Gasteiger partial charge in [-0.2, -0.15) is 11.3 Å². The molecule has 5 heteroatoms. The number of carbonyl (C=O) groups excluding carboxylic acids is 2. The van der Waals surface area contributed by atoms with Gasteiger partial charge in [-0.3, -0.25) is 9.59 Å². The van der Waals surface area contributed by atoms with E-state index in [9.17, 15) is 9.59 Å². The predicted octanol–water partition coefficient (Wildman–Crippen LogP) is 1.35. The Hall–Kier alpha value is -1.36. The zero-order valence-electron chi connectivity index (χ0n) is 9.53. The molecule has 1 rings (SSSR count). The van der Waals surface area contributed by atoms with Gasteiger partial charge < -0.3 is 10.2 Å². The lowest BCUT2D eigenvalue weighted by atomic mass is 10.3. The lowest BCUT2D eigenvalue weighted by Crippen LogP contribution is -2.31. The van der Waals surface area contributed by atoms with Crippen molar-refractivity contribution in [3.05, 3.63) is 22.4 Å². The van der Waals surface area contributed by atoms with Crippen molar-refractivity contribution >= 4 is 23.2 Å². The second-order valence-electron chi connectivity index (χ2n) is 3.43. The number of amides is 2. The molecular formula is C11H16N2O2S. The van der Waals surface area contributed by atoms with Crippen LogP contribution in [0, 0.1) is 0 Å². The molecule has 0 bridgehead atoms. The molecule has 0 aliphatic carbocycles. The molecule has 0 fully saturated rings. The summed E-state index contributed by atoms with van der Waals surface area (Å²) in [4.78, 5) is 24.6. The van der Waals surface area contributed by atoms with Crippen LogP contribution in [0.2, 0.25) is 0 Å². The summed E-state index contributed by atoms with van der Waals surface area (Å²) < 4.78 is 0. The summed E-state index contributed by atoms with van der Waals surface area (Å²) in [5.41, 5.74) is 0.654. The molecule has 0 radical (unpaired) electrons. The number of nitrogens with one attached hydrogen (secondary N) is 1. The predicted molar refractivity (Wildman–Crippen MR) is 64.6 cm³/mol. The first-order valence-electron chi connectivity index (χ1n) is 5.19. The zero-order chi connectivity index (χ0) is 12.0. The van der Waals surface area contributed by atoms with Gasteiger partial charge in [0.25, 0.3) is 5.91 Å². The fraction of sp³-hybridized carbons (Fsp3) is 0.455. The van der Waals surface area contributed by atoms with E-state index < -0.39 is 0 Å². The van der Waals surface area contributed by atoms with Crippen LogP contribution < -0.4 is 5.32 Å². The molecule has 0 atom stereocenters. The Morgan fingerprint density at radius 2 is 2.25 bits per heavy atom. The van der Waals surface area contributed by atoms with Crippen molar-refractivity contribution < 1.29 is 9.59 Å². The van der Waals surface area contributed by atoms with E-state index in [-0.39, 0.29) is 11.8 Å². The van der Waals surface area contributed by atoms with Crippen molar-refractivity contribution in [1.29, 1.82) is 0 Å². The number of nitrogens with zero attached hydrogens (tertiary/aromatic N) is 1. The van der Waals surface area contributed by atoms with Crippen LogP contribution in [-0.2, 0) is 4.79 Å². The highest BCUT2D eigenvalue weighted by Gasteiger charge is 2.08. The van der Waals surface area contributed by atoms with Crippen molar-refractivity contribution in [2.24, 2.45) is 0 Å². The maximum absolute atomic E-state index is 11.5. The van der Waals surface area contributed by atoms with Crippen LogP contribution in [0.15, 0.2) is 16.8 Å². The molecule has 2 amide bonds. The maximum Gasteiger partial charge on any atom is 0.252 e. The summed E-state index contributed by atoms with van der Waals surface area (Å²) >= 11 is 1.48. The Morgan fingerprint density at radius 3 is 2.81 bits per heavy atom. The highest BCUT2D eigenvalue weighted by atomic mass is 32.1. The number of thiophene rings is 1. The van der Waals surface area contributed by atoms with Crippen molar-refractivity contribution in [3.8, 4) is 0 Å². The van der Waals surface area contributed by atoms with E-state index in [1.54, 1.807) is 23.4 Å². The molecule has 4 nitrogen and oxygen atoms in total. The second-order valence-corrected chi connectivity index (χ2v) is 4.21. The van der Waals surface area contributed by atoms with Gasteiger partial charge in [0.05, 0.1) is 0 Å². The first kappa shape index (κ1) is 12.7. The summed E-state index contributed by atoms with van der Waals surface area (Å²) in [6.45, 7) is 3.00. The Balaban J connectivity index is 2.26. The fourth-order valence-electron chi connectivity index (χ4n) is 1.15. The topological polar surface area (TPSA) is 49.4 Å². The summed E-state index contributed by atoms with van der Waals surface area (Å²) in [7, 11) is 1.75. The zero-order valence-corrected chi connectivity index (χ0v) is 10.3. The van der Waals surface area contributed by atoms with E-state index in [0.29, 0.717) is 25.1 Å². The van der Waals surface area contributed by atoms with E-state index in [4.69, 9.17) is 0 Å². The number of rotatable bonds is 5. The number of hydrogen-bond acceptors (Lipinski definition) is 3. The van der Waals surface area contributed by atoms with Gasteiger partial charge in [0, 0.05) is 37.5 Å². The molecular weight excluding hydrogens is 224 g/mol. The smallest absolute Gasteiger partial charge is 0.252 e. The molecule has 1 N–H and O–H groups in total. The largest absolute Gasteiger partial charge is 0.351 e. The van der Waals surface area contributed by atoms with Gasteiger partial charge in [-0.15, -0.1) is 0 Å². The van der Waals surface area contributed by atoms with Gasteiger partial charge in [0.2, 0.25) is 5.91 Å². The van der Waals surface area contributed by atoms with Crippen molar-refractivity contribution in [1.82, 2.24) is 10.2 Å². The lowest BCUT2D eigenvalue weighted by Gasteiger charge is -2.14. The van der Waals surface area contributed by atoms with Crippen LogP contribution in [0.25, 0.3) is 0 Å². The quantitative estimate of drug-likeness (QED) is 0.844. The molecule has 0 aliphatic heterocycles. The van der Waals surface area contributed by atoms with Crippen LogP contribution >= 0.6 is 11.3 Å². The normalized spacial score (nSPS) is 9.88. The minimum atomic E-state index is -0.117. The van der Waals surface area contributed by atoms with Gasteiger partial charge in [0.15, 0.2) is 0 Å². The first-order chi connectivity index (χ1) is 7.65. The van der Waals surface area contributed by atoms with Crippen LogP contribution in [0.4, 0.5) is 0 Å². The average molecular weight is 240 g/mol. The summed E-state index contributed by atoms with van der Waals surface area (Å²) in [5, 5.41) is 6.35. The minimum absolute atomic E-state index is 0.0492. The Morgan fingerprint density at radius 1 is 1.50 bits per heavy atom. The van der Waals surface area contributed by atoms with E-state index in [2.05, 4.69) is 5.32 Å². The van der Waals surface area contributed by atoms with Gasteiger partial charge >= 0.3 is 0 Å². The molecule has 0 saturated carbocycles. The van der Waals surface area contributed by atoms with Gasteiger partial charge in [-0.1, -0.05) is 0 Å². The van der Waals surface area contributed by atoms with E-state index >= 15 is 0 Å². The Bertz CT molecular complexity index is 349. The Labute approximate surface area is 99.3 Å². The fourth-order valence-corrected chi connectivity index (χ4v) is 1.78. The summed E-state index contributed by atoms with van der Waals surface area (Å²) in [6, 6.07) is 1.76. The van der Waals surface area contributed by atoms with Gasteiger partial charge in [-0.05, 0) is 18.4 Å². The monoisotopic (exact) mass is 240 g/mol. The molecule has 16 heavy (non-hydrogen) atoms. The van der Waals surface area contributed by atoms with Gasteiger partial charge in [0.1, 0.15) is 0 Å². The second kappa shape index (κ2) is 6.27. The van der Waals surface area contributed by atoms with Crippen molar-refractivity contribution in [2.45, 2.75) is 13.3 Å². The average Bonchev–Trinajstić information content (AvgIpc) is 2.81. The first-order valence-corrected chi connectivity index (χ1v) is 6.13. The van der Waals surface area contributed by atoms with E-state index in [1.807, 2.05) is 12.3 Å². The highest BCUT2D eigenvalue weighted by Crippen LogP contribution is 2.05. The third-order valence-electron chi connectivity index (χ3n) is 2.31. The molecule has 0 saturated heterocycles. The SMILES string of the molecule is CCN(C)C(=O)CCNC(=O)c1ccsc1. The standard InChI is InChI=1S/C11H16N2O2S/c1-3-13(2)10(14)4-6-12-11(15)9-5-7-16-8-9/h5,7-8H,3-4,6H2,1-2H3,(H,12,15). The van der Waals surface area contributed by atoms with Crippen molar-refractivity contribution in [2.75, 3.05) is 20.1 Å². The number of hydrogen-bond donors (Lipinski definition) is 1. The van der Waals surface area contributed by atoms with Crippen LogP contribution in [-0.4, -0.2) is 36.9 Å². The van der Waals surface area contributed by atoms with Crippen LogP contribution in [0.1, 0.15) is 23.7 Å². The highest BCUT2D eigenvalue weighted by molar-refractivity contribution is 7.08. The minimum Gasteiger partial charge on any atom is -0.351 e.